The molecule has 3 rings (SSSR count). The van der Waals surface area contributed by atoms with Crippen molar-refractivity contribution < 1.29 is 9.59 Å². The first-order chi connectivity index (χ1) is 12.9. The topological polar surface area (TPSA) is 108 Å². The van der Waals surface area contributed by atoms with Gasteiger partial charge in [-0.1, -0.05) is 13.8 Å². The Kier molecular flexibility index (Phi) is 5.54. The number of urea groups is 2. The first-order valence-electron chi connectivity index (χ1n) is 8.87. The van der Waals surface area contributed by atoms with Gasteiger partial charge in [-0.15, -0.1) is 0 Å². The highest BCUT2D eigenvalue weighted by atomic mass is 16.2. The Hall–Kier alpha value is -3.16. The van der Waals surface area contributed by atoms with Crippen LogP contribution in [0.5, 0.6) is 0 Å². The maximum Gasteiger partial charge on any atom is 0.319 e. The molecule has 0 spiro atoms. The SMILES string of the molecule is CC1(C)[C@@H](CNC(=O)Nc2ccncc2)C[C@@H]1NC(=O)Nc1ccncc1. The van der Waals surface area contributed by atoms with E-state index in [1.54, 1.807) is 49.1 Å². The van der Waals surface area contributed by atoms with Crippen molar-refractivity contribution in [2.75, 3.05) is 17.2 Å². The predicted molar refractivity (Wildman–Crippen MR) is 103 cm³/mol. The van der Waals surface area contributed by atoms with Crippen LogP contribution in [-0.2, 0) is 0 Å². The molecule has 27 heavy (non-hydrogen) atoms. The number of amides is 4. The van der Waals surface area contributed by atoms with Crippen LogP contribution < -0.4 is 21.3 Å². The zero-order chi connectivity index (χ0) is 19.3. The maximum atomic E-state index is 12.2. The van der Waals surface area contributed by atoms with Gasteiger partial charge in [0, 0.05) is 48.7 Å². The molecule has 1 fully saturated rings. The van der Waals surface area contributed by atoms with Gasteiger partial charge in [0.2, 0.25) is 0 Å². The molecule has 0 aliphatic heterocycles. The number of hydrogen-bond acceptors (Lipinski definition) is 4. The molecule has 2 heterocycles. The molecular formula is C19H24N6O2. The molecule has 4 N–H and O–H groups in total. The van der Waals surface area contributed by atoms with Crippen LogP contribution in [0.1, 0.15) is 20.3 Å². The fourth-order valence-corrected chi connectivity index (χ4v) is 3.19. The maximum absolute atomic E-state index is 12.2. The quantitative estimate of drug-likeness (QED) is 0.651. The van der Waals surface area contributed by atoms with Gasteiger partial charge in [0.05, 0.1) is 0 Å². The first-order valence-corrected chi connectivity index (χ1v) is 8.87. The highest BCUT2D eigenvalue weighted by Crippen LogP contribution is 2.45. The van der Waals surface area contributed by atoms with Gasteiger partial charge in [-0.2, -0.15) is 0 Å². The smallest absolute Gasteiger partial charge is 0.319 e. The third-order valence-corrected chi connectivity index (χ3v) is 5.16. The molecule has 1 aliphatic carbocycles. The van der Waals surface area contributed by atoms with Crippen molar-refractivity contribution in [3.8, 4) is 0 Å². The van der Waals surface area contributed by atoms with Crippen molar-refractivity contribution in [3.63, 3.8) is 0 Å². The first kappa shape index (κ1) is 18.6. The second-order valence-electron chi connectivity index (χ2n) is 7.21. The molecule has 0 saturated heterocycles. The van der Waals surface area contributed by atoms with E-state index in [0.717, 1.165) is 6.42 Å². The Morgan fingerprint density at radius 1 is 0.963 bits per heavy atom. The van der Waals surface area contributed by atoms with E-state index in [2.05, 4.69) is 45.1 Å². The molecule has 4 amide bonds. The highest BCUT2D eigenvalue weighted by molar-refractivity contribution is 5.90. The Morgan fingerprint density at radius 3 is 2.00 bits per heavy atom. The number of carbonyl (C=O) groups excluding carboxylic acids is 2. The van der Waals surface area contributed by atoms with Crippen molar-refractivity contribution in [1.82, 2.24) is 20.6 Å². The van der Waals surface area contributed by atoms with Crippen LogP contribution in [-0.4, -0.2) is 34.6 Å². The average molecular weight is 368 g/mol. The lowest BCUT2D eigenvalue weighted by atomic mass is 9.58. The van der Waals surface area contributed by atoms with E-state index in [1.807, 2.05) is 0 Å². The molecule has 0 aromatic carbocycles. The number of aromatic nitrogens is 2. The predicted octanol–water partition coefficient (Wildman–Crippen LogP) is 2.83. The molecule has 2 aromatic rings. The lowest BCUT2D eigenvalue weighted by Gasteiger charge is -2.52. The summed E-state index contributed by atoms with van der Waals surface area (Å²) in [5, 5.41) is 11.5. The fourth-order valence-electron chi connectivity index (χ4n) is 3.19. The van der Waals surface area contributed by atoms with Crippen LogP contribution in [0.2, 0.25) is 0 Å². The second-order valence-corrected chi connectivity index (χ2v) is 7.21. The van der Waals surface area contributed by atoms with Gasteiger partial charge in [-0.3, -0.25) is 9.97 Å². The summed E-state index contributed by atoms with van der Waals surface area (Å²) < 4.78 is 0. The van der Waals surface area contributed by atoms with E-state index in [0.29, 0.717) is 17.9 Å². The van der Waals surface area contributed by atoms with E-state index in [4.69, 9.17) is 0 Å². The Bertz CT molecular complexity index is 781. The Labute approximate surface area is 158 Å². The summed E-state index contributed by atoms with van der Waals surface area (Å²) in [4.78, 5) is 32.0. The van der Waals surface area contributed by atoms with Crippen LogP contribution in [0.4, 0.5) is 21.0 Å². The van der Waals surface area contributed by atoms with Crippen LogP contribution in [0, 0.1) is 11.3 Å². The zero-order valence-corrected chi connectivity index (χ0v) is 15.4. The summed E-state index contributed by atoms with van der Waals surface area (Å²) in [7, 11) is 0. The van der Waals surface area contributed by atoms with Gasteiger partial charge in [0.1, 0.15) is 0 Å². The third kappa shape index (κ3) is 4.72. The number of hydrogen-bond donors (Lipinski definition) is 4. The summed E-state index contributed by atoms with van der Waals surface area (Å²) >= 11 is 0. The Morgan fingerprint density at radius 2 is 1.48 bits per heavy atom. The van der Waals surface area contributed by atoms with Crippen molar-refractivity contribution >= 4 is 23.4 Å². The van der Waals surface area contributed by atoms with Gasteiger partial charge >= 0.3 is 12.1 Å². The molecule has 142 valence electrons. The molecule has 0 bridgehead atoms. The molecular weight excluding hydrogens is 344 g/mol. The number of nitrogens with zero attached hydrogens (tertiary/aromatic N) is 2. The van der Waals surface area contributed by atoms with Crippen LogP contribution in [0.25, 0.3) is 0 Å². The molecule has 1 saturated carbocycles. The molecule has 0 unspecified atom stereocenters. The lowest BCUT2D eigenvalue weighted by Crippen LogP contribution is -2.61. The summed E-state index contributed by atoms with van der Waals surface area (Å²) in [5.41, 5.74) is 1.29. The van der Waals surface area contributed by atoms with E-state index in [1.165, 1.54) is 0 Å². The summed E-state index contributed by atoms with van der Waals surface area (Å²) in [6, 6.07) is 6.50. The van der Waals surface area contributed by atoms with Gasteiger partial charge < -0.3 is 21.3 Å². The minimum atomic E-state index is -0.246. The average Bonchev–Trinajstić information content (AvgIpc) is 2.65. The third-order valence-electron chi connectivity index (χ3n) is 5.16. The van der Waals surface area contributed by atoms with Gasteiger partial charge in [0.25, 0.3) is 0 Å². The van der Waals surface area contributed by atoms with E-state index in [-0.39, 0.29) is 29.4 Å². The van der Waals surface area contributed by atoms with Crippen molar-refractivity contribution in [2.24, 2.45) is 11.3 Å². The van der Waals surface area contributed by atoms with Gasteiger partial charge in [-0.25, -0.2) is 9.59 Å². The number of anilines is 2. The summed E-state index contributed by atoms with van der Waals surface area (Å²) in [6.45, 7) is 4.75. The minimum Gasteiger partial charge on any atom is -0.338 e. The fraction of sp³-hybridized carbons (Fsp3) is 0.368. The van der Waals surface area contributed by atoms with Crippen molar-refractivity contribution in [2.45, 2.75) is 26.3 Å². The van der Waals surface area contributed by atoms with Gasteiger partial charge in [0.15, 0.2) is 0 Å². The molecule has 8 nitrogen and oxygen atoms in total. The lowest BCUT2D eigenvalue weighted by molar-refractivity contribution is 0.0244. The molecule has 1 aliphatic rings. The van der Waals surface area contributed by atoms with Crippen molar-refractivity contribution in [1.29, 1.82) is 0 Å². The molecule has 2 aromatic heterocycles. The minimum absolute atomic E-state index is 0.0504. The molecule has 0 radical (unpaired) electrons. The second kappa shape index (κ2) is 8.03. The molecule has 8 heteroatoms. The van der Waals surface area contributed by atoms with E-state index < -0.39 is 0 Å². The van der Waals surface area contributed by atoms with Crippen molar-refractivity contribution in [3.05, 3.63) is 49.1 Å². The Balaban J connectivity index is 1.42. The molecule has 2 atom stereocenters. The van der Waals surface area contributed by atoms with E-state index >= 15 is 0 Å². The van der Waals surface area contributed by atoms with Crippen LogP contribution in [0.15, 0.2) is 49.1 Å². The van der Waals surface area contributed by atoms with Crippen LogP contribution >= 0.6 is 0 Å². The number of nitrogens with one attached hydrogen (secondary N) is 4. The largest absolute Gasteiger partial charge is 0.338 e. The standard InChI is InChI=1S/C19H24N6O2/c1-19(2)13(12-22-17(26)23-14-3-7-20-8-4-14)11-16(19)25-18(27)24-15-5-9-21-10-6-15/h3-10,13,16H,11-12H2,1-2H3,(H2,20,22,23,26)(H2,21,24,25,27)/t13-,16+/m1/s1. The number of pyridine rings is 2. The monoisotopic (exact) mass is 368 g/mol. The van der Waals surface area contributed by atoms with Crippen LogP contribution in [0.3, 0.4) is 0 Å². The summed E-state index contributed by atoms with van der Waals surface area (Å²) in [6.07, 6.45) is 7.31. The summed E-state index contributed by atoms with van der Waals surface area (Å²) in [5.74, 6) is 0.284. The van der Waals surface area contributed by atoms with E-state index in [9.17, 15) is 9.59 Å². The number of carbonyl (C=O) groups is 2. The zero-order valence-electron chi connectivity index (χ0n) is 15.4. The normalized spacial score (nSPS) is 20.1. The number of rotatable bonds is 5. The highest BCUT2D eigenvalue weighted by Gasteiger charge is 2.48. The van der Waals surface area contributed by atoms with Gasteiger partial charge in [-0.05, 0) is 42.0 Å².